The minimum absolute atomic E-state index is 0.219. The van der Waals surface area contributed by atoms with Gasteiger partial charge >= 0.3 is 0 Å². The van der Waals surface area contributed by atoms with E-state index in [2.05, 4.69) is 30.0 Å². The first-order chi connectivity index (χ1) is 9.88. The summed E-state index contributed by atoms with van der Waals surface area (Å²) < 4.78 is 27.1. The number of sulfonamides is 1. The Hall–Kier alpha value is -0.850. The molecular weight excluding hydrogens is 286 g/mol. The molecule has 1 aliphatic heterocycles. The van der Waals surface area contributed by atoms with Crippen LogP contribution < -0.4 is 5.73 Å². The predicted molar refractivity (Wildman–Crippen MR) is 85.5 cm³/mol. The quantitative estimate of drug-likeness (QED) is 0.864. The summed E-state index contributed by atoms with van der Waals surface area (Å²) in [6, 6.07) is 2.34. The van der Waals surface area contributed by atoms with E-state index in [4.69, 9.17) is 5.73 Å². The van der Waals surface area contributed by atoms with Crippen molar-refractivity contribution in [2.24, 2.45) is 11.7 Å². The minimum Gasteiger partial charge on any atom is -0.354 e. The number of hydrogen-bond acceptors (Lipinski definition) is 3. The van der Waals surface area contributed by atoms with Gasteiger partial charge in [-0.2, -0.15) is 0 Å². The number of hydrogen-bond donors (Lipinski definition) is 1. The van der Waals surface area contributed by atoms with Gasteiger partial charge in [-0.1, -0.05) is 6.92 Å². The van der Waals surface area contributed by atoms with Gasteiger partial charge in [0.25, 0.3) is 0 Å². The SMILES string of the molecule is CCC(N)Cc1ccn(CC2CCCN(S(C)(=O)=O)C2)c1. The highest BCUT2D eigenvalue weighted by Crippen LogP contribution is 2.20. The van der Waals surface area contributed by atoms with E-state index in [1.165, 1.54) is 11.8 Å². The monoisotopic (exact) mass is 313 g/mol. The van der Waals surface area contributed by atoms with E-state index in [0.717, 1.165) is 32.2 Å². The molecule has 0 saturated carbocycles. The molecule has 0 amide bonds. The highest BCUT2D eigenvalue weighted by molar-refractivity contribution is 7.88. The van der Waals surface area contributed by atoms with Crippen molar-refractivity contribution in [1.82, 2.24) is 8.87 Å². The maximum Gasteiger partial charge on any atom is 0.211 e. The van der Waals surface area contributed by atoms with Crippen molar-refractivity contribution in [3.05, 3.63) is 24.0 Å². The Morgan fingerprint density at radius 1 is 1.48 bits per heavy atom. The molecule has 0 radical (unpaired) electrons. The van der Waals surface area contributed by atoms with Gasteiger partial charge in [-0.05, 0) is 43.2 Å². The van der Waals surface area contributed by atoms with Crippen LogP contribution >= 0.6 is 0 Å². The molecule has 6 heteroatoms. The van der Waals surface area contributed by atoms with E-state index in [9.17, 15) is 8.42 Å². The third-order valence-electron chi connectivity index (χ3n) is 4.25. The lowest BCUT2D eigenvalue weighted by Gasteiger charge is -2.31. The van der Waals surface area contributed by atoms with Crippen LogP contribution in [0.3, 0.4) is 0 Å². The van der Waals surface area contributed by atoms with Gasteiger partial charge in [0.2, 0.25) is 10.0 Å². The summed E-state index contributed by atoms with van der Waals surface area (Å²) in [6.07, 6.45) is 9.46. The van der Waals surface area contributed by atoms with E-state index in [1.54, 1.807) is 4.31 Å². The average Bonchev–Trinajstić information content (AvgIpc) is 2.85. The maximum absolute atomic E-state index is 11.6. The summed E-state index contributed by atoms with van der Waals surface area (Å²) in [7, 11) is -3.06. The second-order valence-corrected chi connectivity index (χ2v) is 8.20. The molecular formula is C15H27N3O2S. The molecule has 5 nitrogen and oxygen atoms in total. The van der Waals surface area contributed by atoms with Crippen LogP contribution in [0, 0.1) is 5.92 Å². The summed E-state index contributed by atoms with van der Waals surface area (Å²) in [6.45, 7) is 4.29. The Bertz CT molecular complexity index is 553. The number of aromatic nitrogens is 1. The zero-order chi connectivity index (χ0) is 15.5. The van der Waals surface area contributed by atoms with E-state index in [0.29, 0.717) is 19.0 Å². The Kier molecular flexibility index (Phi) is 5.46. The zero-order valence-corrected chi connectivity index (χ0v) is 13.8. The van der Waals surface area contributed by atoms with Crippen molar-refractivity contribution in [2.45, 2.75) is 45.2 Å². The average molecular weight is 313 g/mol. The van der Waals surface area contributed by atoms with Crippen LogP contribution in [-0.2, 0) is 23.0 Å². The summed E-state index contributed by atoms with van der Waals surface area (Å²) >= 11 is 0. The van der Waals surface area contributed by atoms with Gasteiger partial charge in [-0.3, -0.25) is 0 Å². The molecule has 1 aliphatic rings. The Balaban J connectivity index is 1.92. The number of piperidine rings is 1. The molecule has 2 unspecified atom stereocenters. The third-order valence-corrected chi connectivity index (χ3v) is 5.52. The smallest absolute Gasteiger partial charge is 0.211 e. The zero-order valence-electron chi connectivity index (χ0n) is 13.0. The van der Waals surface area contributed by atoms with Crippen LogP contribution in [0.5, 0.6) is 0 Å². The van der Waals surface area contributed by atoms with Crippen molar-refractivity contribution < 1.29 is 8.42 Å². The molecule has 0 spiro atoms. The van der Waals surface area contributed by atoms with Crippen LogP contribution in [0.25, 0.3) is 0 Å². The normalized spacial score (nSPS) is 22.3. The van der Waals surface area contributed by atoms with Gasteiger partial charge in [0, 0.05) is 38.1 Å². The van der Waals surface area contributed by atoms with Gasteiger partial charge in [0.05, 0.1) is 6.26 Å². The molecule has 1 saturated heterocycles. The summed E-state index contributed by atoms with van der Waals surface area (Å²) in [5.41, 5.74) is 7.25. The first-order valence-electron chi connectivity index (χ1n) is 7.74. The molecule has 0 aliphatic carbocycles. The van der Waals surface area contributed by atoms with E-state index < -0.39 is 10.0 Å². The summed E-state index contributed by atoms with van der Waals surface area (Å²) in [5, 5.41) is 0. The fraction of sp³-hybridized carbons (Fsp3) is 0.733. The highest BCUT2D eigenvalue weighted by atomic mass is 32.2. The molecule has 2 heterocycles. The van der Waals surface area contributed by atoms with E-state index >= 15 is 0 Å². The minimum atomic E-state index is -3.06. The molecule has 0 aromatic carbocycles. The second kappa shape index (κ2) is 6.94. The van der Waals surface area contributed by atoms with Crippen LogP contribution in [0.2, 0.25) is 0 Å². The molecule has 21 heavy (non-hydrogen) atoms. The van der Waals surface area contributed by atoms with Crippen LogP contribution in [-0.4, -0.2) is 42.7 Å². The fourth-order valence-corrected chi connectivity index (χ4v) is 3.89. The molecule has 2 rings (SSSR count). The third kappa shape index (κ3) is 4.83. The van der Waals surface area contributed by atoms with Gasteiger partial charge in [-0.25, -0.2) is 12.7 Å². The van der Waals surface area contributed by atoms with Gasteiger partial charge < -0.3 is 10.3 Å². The molecule has 0 bridgehead atoms. The summed E-state index contributed by atoms with van der Waals surface area (Å²) in [5.74, 6) is 0.397. The number of rotatable bonds is 6. The largest absolute Gasteiger partial charge is 0.354 e. The molecule has 1 aromatic rings. The van der Waals surface area contributed by atoms with Crippen LogP contribution in [0.4, 0.5) is 0 Å². The number of nitrogens with two attached hydrogens (primary N) is 1. The Morgan fingerprint density at radius 2 is 2.24 bits per heavy atom. The van der Waals surface area contributed by atoms with Crippen molar-refractivity contribution in [2.75, 3.05) is 19.3 Å². The molecule has 2 atom stereocenters. The fourth-order valence-electron chi connectivity index (χ4n) is 2.95. The van der Waals surface area contributed by atoms with E-state index in [-0.39, 0.29) is 6.04 Å². The molecule has 2 N–H and O–H groups in total. The van der Waals surface area contributed by atoms with Gasteiger partial charge in [0.1, 0.15) is 0 Å². The first-order valence-corrected chi connectivity index (χ1v) is 9.58. The van der Waals surface area contributed by atoms with E-state index in [1.807, 2.05) is 0 Å². The second-order valence-electron chi connectivity index (χ2n) is 6.22. The van der Waals surface area contributed by atoms with Gasteiger partial charge in [-0.15, -0.1) is 0 Å². The highest BCUT2D eigenvalue weighted by Gasteiger charge is 2.25. The topological polar surface area (TPSA) is 68.3 Å². The lowest BCUT2D eigenvalue weighted by atomic mass is 10.00. The van der Waals surface area contributed by atoms with Gasteiger partial charge in [0.15, 0.2) is 0 Å². The van der Waals surface area contributed by atoms with Crippen molar-refractivity contribution in [3.63, 3.8) is 0 Å². The molecule has 1 aromatic heterocycles. The standard InChI is InChI=1S/C15H27N3O2S/c1-3-15(16)9-13-6-8-17(10-13)11-14-5-4-7-18(12-14)21(2,19)20/h6,8,10,14-15H,3-5,7,9,11-12,16H2,1-2H3. The predicted octanol–water partition coefficient (Wildman–Crippen LogP) is 1.44. The maximum atomic E-state index is 11.6. The lowest BCUT2D eigenvalue weighted by molar-refractivity contribution is 0.246. The summed E-state index contributed by atoms with van der Waals surface area (Å²) in [4.78, 5) is 0. The van der Waals surface area contributed by atoms with Crippen molar-refractivity contribution in [3.8, 4) is 0 Å². The van der Waals surface area contributed by atoms with Crippen LogP contribution in [0.15, 0.2) is 18.5 Å². The molecule has 1 fully saturated rings. The van der Waals surface area contributed by atoms with Crippen LogP contribution in [0.1, 0.15) is 31.7 Å². The lowest BCUT2D eigenvalue weighted by Crippen LogP contribution is -2.40. The Labute approximate surface area is 128 Å². The van der Waals surface area contributed by atoms with Crippen molar-refractivity contribution in [1.29, 1.82) is 0 Å². The van der Waals surface area contributed by atoms with Crippen molar-refractivity contribution >= 4 is 10.0 Å². The number of nitrogens with zero attached hydrogens (tertiary/aromatic N) is 2. The molecule has 120 valence electrons. The first kappa shape index (κ1) is 16.5. The Morgan fingerprint density at radius 3 is 2.90 bits per heavy atom.